The first-order chi connectivity index (χ1) is 16.3. The fraction of sp³-hybridized carbons (Fsp3) is 0.500. The lowest BCUT2D eigenvalue weighted by Gasteiger charge is -2.48. The van der Waals surface area contributed by atoms with E-state index in [1.807, 2.05) is 57.2 Å². The molecular formula is C28H39NO5Si. The first-order valence-electron chi connectivity index (χ1n) is 12.2. The Morgan fingerprint density at radius 3 is 1.89 bits per heavy atom. The van der Waals surface area contributed by atoms with Crippen molar-refractivity contribution in [3.63, 3.8) is 0 Å². The Kier molecular flexibility index (Phi) is 8.12. The highest BCUT2D eigenvalue weighted by Crippen LogP contribution is 2.45. The molecule has 6 nitrogen and oxygen atoms in total. The summed E-state index contributed by atoms with van der Waals surface area (Å²) in [6.45, 7) is 13.9. The molecular weight excluding hydrogens is 458 g/mol. The van der Waals surface area contributed by atoms with E-state index in [1.54, 1.807) is 4.90 Å². The highest BCUT2D eigenvalue weighted by atomic mass is 28.3. The Morgan fingerprint density at radius 1 is 0.943 bits per heavy atom. The van der Waals surface area contributed by atoms with Crippen LogP contribution in [0.5, 0.6) is 0 Å². The van der Waals surface area contributed by atoms with Crippen molar-refractivity contribution in [2.75, 3.05) is 13.2 Å². The summed E-state index contributed by atoms with van der Waals surface area (Å²) in [6.07, 6.45) is -0.347. The molecule has 35 heavy (non-hydrogen) atoms. The van der Waals surface area contributed by atoms with E-state index in [-0.39, 0.29) is 17.9 Å². The van der Waals surface area contributed by atoms with E-state index in [0.29, 0.717) is 13.0 Å². The summed E-state index contributed by atoms with van der Waals surface area (Å²) >= 11 is 0. The molecule has 1 saturated heterocycles. The third-order valence-electron chi connectivity index (χ3n) is 6.50. The molecule has 1 heterocycles. The summed E-state index contributed by atoms with van der Waals surface area (Å²) in [4.78, 5) is 27.0. The molecule has 0 aromatic heterocycles. The van der Waals surface area contributed by atoms with Gasteiger partial charge in [0.05, 0.1) is 18.7 Å². The molecule has 0 bridgehead atoms. The summed E-state index contributed by atoms with van der Waals surface area (Å²) < 4.78 is 18.3. The van der Waals surface area contributed by atoms with Gasteiger partial charge in [0.2, 0.25) is 9.04 Å². The van der Waals surface area contributed by atoms with E-state index in [9.17, 15) is 9.59 Å². The number of nitrogens with zero attached hydrogens (tertiary/aromatic N) is 1. The number of ether oxygens (including phenoxy) is 2. The number of amides is 1. The fourth-order valence-corrected chi connectivity index (χ4v) is 7.09. The summed E-state index contributed by atoms with van der Waals surface area (Å²) in [5.74, 6) is -0.356. The highest BCUT2D eigenvalue weighted by molar-refractivity contribution is 6.80. The molecule has 3 rings (SSSR count). The second-order valence-corrected chi connectivity index (χ2v) is 13.7. The van der Waals surface area contributed by atoms with Gasteiger partial charge in [-0.2, -0.15) is 0 Å². The molecule has 0 radical (unpaired) electrons. The maximum absolute atomic E-state index is 13.5. The summed E-state index contributed by atoms with van der Waals surface area (Å²) in [7, 11) is -2.06. The van der Waals surface area contributed by atoms with Crippen LogP contribution in [0.15, 0.2) is 60.7 Å². The van der Waals surface area contributed by atoms with Crippen LogP contribution in [0.1, 0.15) is 54.9 Å². The molecule has 0 spiro atoms. The van der Waals surface area contributed by atoms with Crippen LogP contribution in [0.4, 0.5) is 4.79 Å². The minimum atomic E-state index is -2.06. The van der Waals surface area contributed by atoms with Crippen LogP contribution < -0.4 is 10.4 Å². The number of likely N-dealkylation sites (tertiary alicyclic amines) is 1. The average Bonchev–Trinajstić information content (AvgIpc) is 3.13. The van der Waals surface area contributed by atoms with Crippen molar-refractivity contribution in [3.05, 3.63) is 60.7 Å². The summed E-state index contributed by atoms with van der Waals surface area (Å²) in [6, 6.07) is 20.5. The zero-order chi connectivity index (χ0) is 25.9. The number of esters is 1. The Bertz CT molecular complexity index is 960. The van der Waals surface area contributed by atoms with Gasteiger partial charge in [-0.15, -0.1) is 0 Å². The summed E-state index contributed by atoms with van der Waals surface area (Å²) in [5, 5.41) is 2.34. The van der Waals surface area contributed by atoms with E-state index < -0.39 is 32.4 Å². The van der Waals surface area contributed by atoms with Crippen LogP contribution >= 0.6 is 0 Å². The van der Waals surface area contributed by atoms with Crippen molar-refractivity contribution in [1.29, 1.82) is 0 Å². The van der Waals surface area contributed by atoms with Gasteiger partial charge in [0.1, 0.15) is 11.7 Å². The Hall–Kier alpha value is -2.64. The van der Waals surface area contributed by atoms with Gasteiger partial charge in [-0.25, -0.2) is 4.79 Å². The summed E-state index contributed by atoms with van der Waals surface area (Å²) in [5.41, 5.74) is -1.73. The average molecular weight is 498 g/mol. The van der Waals surface area contributed by atoms with E-state index in [1.165, 1.54) is 17.3 Å². The molecule has 0 unspecified atom stereocenters. The zero-order valence-corrected chi connectivity index (χ0v) is 23.2. The first kappa shape index (κ1) is 27.0. The van der Waals surface area contributed by atoms with Gasteiger partial charge in [-0.1, -0.05) is 81.4 Å². The molecule has 2 aromatic rings. The number of hydrogen-bond donors (Lipinski definition) is 0. The third kappa shape index (κ3) is 6.52. The second kappa shape index (κ2) is 10.5. The van der Waals surface area contributed by atoms with Gasteiger partial charge < -0.3 is 13.9 Å². The first-order valence-corrected chi connectivity index (χ1v) is 13.8. The van der Waals surface area contributed by atoms with Crippen LogP contribution in [-0.2, 0) is 18.7 Å². The van der Waals surface area contributed by atoms with Gasteiger partial charge >= 0.3 is 12.1 Å². The van der Waals surface area contributed by atoms with Crippen molar-refractivity contribution < 1.29 is 23.5 Å². The quantitative estimate of drug-likeness (QED) is 0.447. The molecule has 0 saturated carbocycles. The predicted octanol–water partition coefficient (Wildman–Crippen LogP) is 3.90. The van der Waals surface area contributed by atoms with E-state index in [0.717, 1.165) is 0 Å². The number of carbonyl (C=O) groups excluding carboxylic acids is 2. The minimum Gasteiger partial charge on any atom is -0.461 e. The maximum Gasteiger partial charge on any atom is 0.410 e. The monoisotopic (exact) mass is 497 g/mol. The maximum atomic E-state index is 13.5. The molecule has 1 aliphatic heterocycles. The molecule has 2 aromatic carbocycles. The van der Waals surface area contributed by atoms with Crippen molar-refractivity contribution in [1.82, 2.24) is 4.90 Å². The largest absolute Gasteiger partial charge is 0.461 e. The SMILES string of the molecule is CC(=O)O[C@@H]1CN(C(=O)OC(C)(C)C)[C@](CO[SiH](c2ccccc2)c2ccccc2)(C(C)(C)C)C1. The third-order valence-corrected chi connectivity index (χ3v) is 8.99. The zero-order valence-electron chi connectivity index (χ0n) is 22.0. The predicted molar refractivity (Wildman–Crippen MR) is 141 cm³/mol. The van der Waals surface area contributed by atoms with E-state index >= 15 is 0 Å². The molecule has 1 aliphatic rings. The van der Waals surface area contributed by atoms with Gasteiger partial charge in [0.15, 0.2) is 0 Å². The number of carbonyl (C=O) groups is 2. The number of rotatable bonds is 6. The van der Waals surface area contributed by atoms with Crippen LogP contribution in [0.2, 0.25) is 0 Å². The topological polar surface area (TPSA) is 65.1 Å². The van der Waals surface area contributed by atoms with Gasteiger partial charge in [0.25, 0.3) is 0 Å². The van der Waals surface area contributed by atoms with Gasteiger partial charge in [-0.05, 0) is 36.6 Å². The second-order valence-electron chi connectivity index (χ2n) is 11.3. The minimum absolute atomic E-state index is 0.276. The number of benzene rings is 2. The lowest BCUT2D eigenvalue weighted by molar-refractivity contribution is -0.145. The van der Waals surface area contributed by atoms with Gasteiger partial charge in [0, 0.05) is 13.3 Å². The van der Waals surface area contributed by atoms with Gasteiger partial charge in [-0.3, -0.25) is 9.69 Å². The molecule has 0 aliphatic carbocycles. The molecule has 1 fully saturated rings. The van der Waals surface area contributed by atoms with Crippen molar-refractivity contribution in [3.8, 4) is 0 Å². The van der Waals surface area contributed by atoms with E-state index in [4.69, 9.17) is 13.9 Å². The standard InChI is InChI=1S/C28H39NO5Si/c1-21(30)33-22-18-28(26(2,3)4,29(19-22)25(31)34-27(5,6)7)20-32-35(23-14-10-8-11-15-23)24-16-12-9-13-17-24/h8-17,22,35H,18-20H2,1-7H3/t22-,28+/m0/s1. The lowest BCUT2D eigenvalue weighted by Crippen LogP contribution is -2.61. The molecule has 0 N–H and O–H groups in total. The van der Waals surface area contributed by atoms with E-state index in [2.05, 4.69) is 45.0 Å². The van der Waals surface area contributed by atoms with Crippen LogP contribution in [0.25, 0.3) is 0 Å². The van der Waals surface area contributed by atoms with Crippen molar-refractivity contribution >= 4 is 31.5 Å². The number of hydrogen-bond acceptors (Lipinski definition) is 5. The van der Waals surface area contributed by atoms with Crippen molar-refractivity contribution in [2.45, 2.75) is 72.1 Å². The Labute approximate surface area is 211 Å². The Balaban J connectivity index is 2.00. The van der Waals surface area contributed by atoms with Crippen LogP contribution in [-0.4, -0.2) is 56.4 Å². The molecule has 190 valence electrons. The molecule has 2 atom stereocenters. The lowest BCUT2D eigenvalue weighted by atomic mass is 9.72. The Morgan fingerprint density at radius 2 is 1.46 bits per heavy atom. The van der Waals surface area contributed by atoms with Crippen LogP contribution in [0, 0.1) is 5.41 Å². The molecule has 7 heteroatoms. The fourth-order valence-electron chi connectivity index (χ4n) is 4.74. The highest BCUT2D eigenvalue weighted by Gasteiger charge is 2.57. The normalized spacial score (nSPS) is 20.7. The van der Waals surface area contributed by atoms with Crippen molar-refractivity contribution in [2.24, 2.45) is 5.41 Å². The molecule has 1 amide bonds. The smallest absolute Gasteiger partial charge is 0.410 e. The van der Waals surface area contributed by atoms with Crippen LogP contribution in [0.3, 0.4) is 0 Å².